The van der Waals surface area contributed by atoms with E-state index < -0.39 is 6.10 Å². The summed E-state index contributed by atoms with van der Waals surface area (Å²) in [6, 6.07) is 0. The quantitative estimate of drug-likeness (QED) is 0.0341. The molecule has 6 heteroatoms. The van der Waals surface area contributed by atoms with E-state index in [4.69, 9.17) is 14.2 Å². The molecular weight excluding hydrogens is 564 g/mol. The molecule has 45 heavy (non-hydrogen) atoms. The van der Waals surface area contributed by atoms with Gasteiger partial charge in [-0.3, -0.25) is 14.4 Å². The van der Waals surface area contributed by atoms with Crippen LogP contribution in [-0.2, 0) is 28.6 Å². The molecular formula is C39H64O6. The molecule has 256 valence electrons. The molecule has 0 amide bonds. The van der Waals surface area contributed by atoms with Crippen LogP contribution in [0.1, 0.15) is 149 Å². The summed E-state index contributed by atoms with van der Waals surface area (Å²) in [5, 5.41) is 0. The Labute approximate surface area is 275 Å². The van der Waals surface area contributed by atoms with Crippen LogP contribution in [0.3, 0.4) is 0 Å². The van der Waals surface area contributed by atoms with Gasteiger partial charge in [0, 0.05) is 19.3 Å². The number of carbonyl (C=O) groups excluding carboxylic acids is 3. The van der Waals surface area contributed by atoms with Gasteiger partial charge in [0.15, 0.2) is 6.10 Å². The number of carbonyl (C=O) groups is 3. The van der Waals surface area contributed by atoms with E-state index in [0.717, 1.165) is 70.6 Å². The number of esters is 3. The standard InChI is InChI=1S/C39H64O6/c1-4-7-10-13-16-19-22-25-28-31-37(40)43-34-36(45-39(42)33-30-27-24-21-18-15-12-9-6-3)35-44-38(41)32-29-26-23-20-17-14-11-8-5-2/h7,9-10,12,16,18-21,23,36H,4-6,8,11,13-15,17,22,24-35H2,1-3H3/b10-7-,12-9-,19-16-,21-18-,23-20-. The summed E-state index contributed by atoms with van der Waals surface area (Å²) in [4.78, 5) is 37.2. The Bertz CT molecular complexity index is 867. The Morgan fingerprint density at radius 1 is 0.467 bits per heavy atom. The normalized spacial score (nSPS) is 12.7. The lowest BCUT2D eigenvalue weighted by Crippen LogP contribution is -2.30. The van der Waals surface area contributed by atoms with Crippen molar-refractivity contribution < 1.29 is 28.6 Å². The zero-order chi connectivity index (χ0) is 33.1. The van der Waals surface area contributed by atoms with Crippen molar-refractivity contribution in [2.75, 3.05) is 13.2 Å². The monoisotopic (exact) mass is 628 g/mol. The van der Waals surface area contributed by atoms with Crippen LogP contribution in [0, 0.1) is 0 Å². The molecule has 0 aromatic heterocycles. The molecule has 6 nitrogen and oxygen atoms in total. The number of hydrogen-bond acceptors (Lipinski definition) is 6. The fraction of sp³-hybridized carbons (Fsp3) is 0.667. The van der Waals surface area contributed by atoms with E-state index in [1.807, 2.05) is 0 Å². The van der Waals surface area contributed by atoms with Crippen molar-refractivity contribution in [2.24, 2.45) is 0 Å². The lowest BCUT2D eigenvalue weighted by atomic mass is 10.1. The molecule has 0 aliphatic carbocycles. The highest BCUT2D eigenvalue weighted by Crippen LogP contribution is 2.09. The van der Waals surface area contributed by atoms with E-state index in [9.17, 15) is 14.4 Å². The van der Waals surface area contributed by atoms with Crippen molar-refractivity contribution in [3.63, 3.8) is 0 Å². The van der Waals surface area contributed by atoms with E-state index in [0.29, 0.717) is 25.7 Å². The molecule has 0 fully saturated rings. The summed E-state index contributed by atoms with van der Waals surface area (Å²) in [5.41, 5.74) is 0. The maximum Gasteiger partial charge on any atom is 0.306 e. The highest BCUT2D eigenvalue weighted by molar-refractivity contribution is 5.71. The molecule has 0 aromatic rings. The van der Waals surface area contributed by atoms with E-state index in [1.165, 1.54) is 25.7 Å². The predicted molar refractivity (Wildman–Crippen MR) is 187 cm³/mol. The van der Waals surface area contributed by atoms with Gasteiger partial charge in [-0.25, -0.2) is 0 Å². The average Bonchev–Trinajstić information content (AvgIpc) is 3.03. The minimum absolute atomic E-state index is 0.115. The Morgan fingerprint density at radius 2 is 0.889 bits per heavy atom. The second-order valence-corrected chi connectivity index (χ2v) is 11.4. The molecule has 0 saturated carbocycles. The second-order valence-electron chi connectivity index (χ2n) is 11.4. The zero-order valence-electron chi connectivity index (χ0n) is 28.9. The van der Waals surface area contributed by atoms with Crippen LogP contribution < -0.4 is 0 Å². The largest absolute Gasteiger partial charge is 0.462 e. The first-order valence-electron chi connectivity index (χ1n) is 17.8. The fourth-order valence-electron chi connectivity index (χ4n) is 4.34. The molecule has 0 bridgehead atoms. The third kappa shape index (κ3) is 32.3. The summed E-state index contributed by atoms with van der Waals surface area (Å²) in [7, 11) is 0. The minimum atomic E-state index is -0.808. The Kier molecular flexibility index (Phi) is 31.8. The maximum atomic E-state index is 12.5. The minimum Gasteiger partial charge on any atom is -0.462 e. The molecule has 1 atom stereocenters. The topological polar surface area (TPSA) is 78.9 Å². The highest BCUT2D eigenvalue weighted by atomic mass is 16.6. The van der Waals surface area contributed by atoms with Crippen LogP contribution in [0.5, 0.6) is 0 Å². The first-order chi connectivity index (χ1) is 22.0. The lowest BCUT2D eigenvalue weighted by molar-refractivity contribution is -0.167. The lowest BCUT2D eigenvalue weighted by Gasteiger charge is -2.18. The Hall–Kier alpha value is -2.89. The first kappa shape index (κ1) is 42.1. The van der Waals surface area contributed by atoms with Crippen LogP contribution >= 0.6 is 0 Å². The van der Waals surface area contributed by atoms with Gasteiger partial charge in [0.25, 0.3) is 0 Å². The number of hydrogen-bond donors (Lipinski definition) is 0. The summed E-state index contributed by atoms with van der Waals surface area (Å²) in [6.07, 6.45) is 38.1. The number of allylic oxidation sites excluding steroid dienone is 10. The van der Waals surface area contributed by atoms with Crippen LogP contribution in [0.4, 0.5) is 0 Å². The highest BCUT2D eigenvalue weighted by Gasteiger charge is 2.19. The van der Waals surface area contributed by atoms with Gasteiger partial charge in [-0.05, 0) is 89.9 Å². The molecule has 0 aromatic carbocycles. The van der Waals surface area contributed by atoms with Crippen LogP contribution in [-0.4, -0.2) is 37.2 Å². The molecule has 0 radical (unpaired) electrons. The average molecular weight is 629 g/mol. The molecule has 0 aliphatic rings. The van der Waals surface area contributed by atoms with Gasteiger partial charge in [-0.15, -0.1) is 0 Å². The van der Waals surface area contributed by atoms with Gasteiger partial charge in [0.1, 0.15) is 13.2 Å². The van der Waals surface area contributed by atoms with Crippen molar-refractivity contribution in [2.45, 2.75) is 155 Å². The Balaban J connectivity index is 4.52. The van der Waals surface area contributed by atoms with Gasteiger partial charge in [0.05, 0.1) is 0 Å². The molecule has 0 aliphatic heterocycles. The van der Waals surface area contributed by atoms with Crippen LogP contribution in [0.15, 0.2) is 60.8 Å². The van der Waals surface area contributed by atoms with E-state index in [2.05, 4.69) is 81.5 Å². The summed E-state index contributed by atoms with van der Waals surface area (Å²) >= 11 is 0. The molecule has 1 unspecified atom stereocenters. The van der Waals surface area contributed by atoms with Crippen LogP contribution in [0.25, 0.3) is 0 Å². The maximum absolute atomic E-state index is 12.5. The zero-order valence-corrected chi connectivity index (χ0v) is 28.9. The van der Waals surface area contributed by atoms with E-state index in [1.54, 1.807) is 0 Å². The van der Waals surface area contributed by atoms with Gasteiger partial charge >= 0.3 is 17.9 Å². The van der Waals surface area contributed by atoms with Crippen molar-refractivity contribution in [3.8, 4) is 0 Å². The second kappa shape index (κ2) is 34.0. The van der Waals surface area contributed by atoms with E-state index >= 15 is 0 Å². The predicted octanol–water partition coefficient (Wildman–Crippen LogP) is 10.6. The van der Waals surface area contributed by atoms with Gasteiger partial charge in [0.2, 0.25) is 0 Å². The van der Waals surface area contributed by atoms with Crippen LogP contribution in [0.2, 0.25) is 0 Å². The third-order valence-electron chi connectivity index (χ3n) is 6.99. The molecule has 0 N–H and O–H groups in total. The smallest absolute Gasteiger partial charge is 0.306 e. The number of rotatable bonds is 30. The SMILES string of the molecule is CC/C=C\C/C=C\CCCCC(=O)OCC(COC(=O)CCC/C=C\CCCCCC)OC(=O)CCCC/C=C\C/C=C\CC. The molecule has 0 rings (SSSR count). The van der Waals surface area contributed by atoms with Gasteiger partial charge in [-0.2, -0.15) is 0 Å². The van der Waals surface area contributed by atoms with Crippen molar-refractivity contribution in [1.29, 1.82) is 0 Å². The summed E-state index contributed by atoms with van der Waals surface area (Å²) < 4.78 is 16.4. The molecule has 0 saturated heterocycles. The number of ether oxygens (including phenoxy) is 3. The fourth-order valence-corrected chi connectivity index (χ4v) is 4.34. The molecule has 0 heterocycles. The van der Waals surface area contributed by atoms with Gasteiger partial charge in [-0.1, -0.05) is 101 Å². The van der Waals surface area contributed by atoms with E-state index in [-0.39, 0.29) is 37.5 Å². The first-order valence-corrected chi connectivity index (χ1v) is 17.8. The van der Waals surface area contributed by atoms with Gasteiger partial charge < -0.3 is 14.2 Å². The van der Waals surface area contributed by atoms with Crippen molar-refractivity contribution in [3.05, 3.63) is 60.8 Å². The summed E-state index contributed by atoms with van der Waals surface area (Å²) in [5.74, 6) is -1.04. The third-order valence-corrected chi connectivity index (χ3v) is 6.99. The van der Waals surface area contributed by atoms with Crippen molar-refractivity contribution in [1.82, 2.24) is 0 Å². The summed E-state index contributed by atoms with van der Waals surface area (Å²) in [6.45, 7) is 6.21. The Morgan fingerprint density at radius 3 is 1.40 bits per heavy atom. The number of unbranched alkanes of at least 4 members (excludes halogenated alkanes) is 9. The van der Waals surface area contributed by atoms with Crippen molar-refractivity contribution >= 4 is 17.9 Å². The molecule has 0 spiro atoms.